The zero-order chi connectivity index (χ0) is 25.2. The molecule has 0 aliphatic carbocycles. The Morgan fingerprint density at radius 1 is 1.08 bits per heavy atom. The number of hydrogen-bond acceptors (Lipinski definition) is 6. The summed E-state index contributed by atoms with van der Waals surface area (Å²) in [5, 5.41) is 15.9. The quantitative estimate of drug-likeness (QED) is 0.286. The molecule has 0 unspecified atom stereocenters. The van der Waals surface area contributed by atoms with Gasteiger partial charge in [-0.3, -0.25) is 14.5 Å². The molecule has 5 rings (SSSR count). The molecular formula is C27H27BrN4O4. The second-order valence-corrected chi connectivity index (χ2v) is 9.81. The third-order valence-corrected chi connectivity index (χ3v) is 7.22. The van der Waals surface area contributed by atoms with Crippen molar-refractivity contribution in [3.8, 4) is 5.69 Å². The van der Waals surface area contributed by atoms with E-state index in [0.29, 0.717) is 37.6 Å². The molecule has 1 aromatic heterocycles. The van der Waals surface area contributed by atoms with E-state index in [9.17, 15) is 14.7 Å². The van der Waals surface area contributed by atoms with E-state index in [0.717, 1.165) is 28.8 Å². The molecule has 8 nitrogen and oxygen atoms in total. The number of aliphatic hydroxyl groups excluding tert-OH is 1. The first-order valence-corrected chi connectivity index (χ1v) is 12.7. The summed E-state index contributed by atoms with van der Waals surface area (Å²) < 4.78 is 7.96. The minimum absolute atomic E-state index is 0.0794. The normalized spacial score (nSPS) is 20.3. The molecule has 2 aliphatic heterocycles. The van der Waals surface area contributed by atoms with Gasteiger partial charge in [-0.15, -0.1) is 0 Å². The zero-order valence-electron chi connectivity index (χ0n) is 19.9. The number of morpholine rings is 1. The van der Waals surface area contributed by atoms with Gasteiger partial charge in [0.2, 0.25) is 0 Å². The van der Waals surface area contributed by atoms with Gasteiger partial charge >= 0.3 is 0 Å². The highest BCUT2D eigenvalue weighted by Crippen LogP contribution is 2.40. The molecule has 3 heterocycles. The molecule has 36 heavy (non-hydrogen) atoms. The van der Waals surface area contributed by atoms with Gasteiger partial charge in [0.05, 0.1) is 48.0 Å². The number of ketones is 1. The number of benzene rings is 2. The monoisotopic (exact) mass is 550 g/mol. The van der Waals surface area contributed by atoms with Crippen LogP contribution in [0.4, 0.5) is 0 Å². The number of aliphatic hydroxyl groups is 1. The van der Waals surface area contributed by atoms with Crippen LogP contribution in [0.5, 0.6) is 0 Å². The molecular weight excluding hydrogens is 524 g/mol. The Morgan fingerprint density at radius 2 is 1.83 bits per heavy atom. The van der Waals surface area contributed by atoms with Crippen LogP contribution in [0.1, 0.15) is 22.9 Å². The van der Waals surface area contributed by atoms with Crippen LogP contribution in [-0.2, 0) is 14.3 Å². The van der Waals surface area contributed by atoms with Crippen molar-refractivity contribution in [3.63, 3.8) is 0 Å². The van der Waals surface area contributed by atoms with Crippen LogP contribution in [0.2, 0.25) is 0 Å². The Morgan fingerprint density at radius 3 is 2.56 bits per heavy atom. The molecule has 0 bridgehead atoms. The fourth-order valence-electron chi connectivity index (χ4n) is 4.82. The van der Waals surface area contributed by atoms with Crippen LogP contribution >= 0.6 is 15.9 Å². The fourth-order valence-corrected chi connectivity index (χ4v) is 5.24. The van der Waals surface area contributed by atoms with Gasteiger partial charge in [0, 0.05) is 30.7 Å². The van der Waals surface area contributed by atoms with E-state index in [2.05, 4.69) is 25.9 Å². The number of carbonyl (C=O) groups excluding carboxylic acids is 2. The minimum Gasteiger partial charge on any atom is -0.507 e. The first kappa shape index (κ1) is 24.4. The number of hydrogen-bond donors (Lipinski definition) is 1. The van der Waals surface area contributed by atoms with Crippen molar-refractivity contribution >= 4 is 33.4 Å². The molecule has 2 aliphatic rings. The number of halogens is 1. The van der Waals surface area contributed by atoms with Crippen molar-refractivity contribution in [1.82, 2.24) is 19.6 Å². The number of para-hydroxylation sites is 1. The summed E-state index contributed by atoms with van der Waals surface area (Å²) >= 11 is 3.50. The van der Waals surface area contributed by atoms with Crippen LogP contribution in [0, 0.1) is 6.92 Å². The smallest absolute Gasteiger partial charge is 0.295 e. The highest BCUT2D eigenvalue weighted by molar-refractivity contribution is 9.10. The Labute approximate surface area is 217 Å². The fraction of sp³-hybridized carbons (Fsp3) is 0.296. The van der Waals surface area contributed by atoms with Gasteiger partial charge in [0.15, 0.2) is 0 Å². The molecule has 1 N–H and O–H groups in total. The van der Waals surface area contributed by atoms with Crippen LogP contribution in [-0.4, -0.2) is 75.8 Å². The molecule has 0 radical (unpaired) electrons. The lowest BCUT2D eigenvalue weighted by Gasteiger charge is -2.31. The number of aromatic nitrogens is 2. The first-order chi connectivity index (χ1) is 17.5. The number of ether oxygens (including phenoxy) is 1. The first-order valence-electron chi connectivity index (χ1n) is 11.9. The molecule has 0 saturated carbocycles. The van der Waals surface area contributed by atoms with E-state index < -0.39 is 17.7 Å². The SMILES string of the molecule is Cc1c(/C(O)=C2\C(=O)C(=O)N(CCN3CCOCC3)[C@H]2c2cccc(Br)c2)cnn1-c1ccccc1. The van der Waals surface area contributed by atoms with Crippen molar-refractivity contribution in [1.29, 1.82) is 0 Å². The largest absolute Gasteiger partial charge is 0.507 e. The van der Waals surface area contributed by atoms with E-state index in [4.69, 9.17) is 4.74 Å². The summed E-state index contributed by atoms with van der Waals surface area (Å²) in [5.41, 5.74) is 2.76. The maximum atomic E-state index is 13.4. The van der Waals surface area contributed by atoms with Gasteiger partial charge in [0.1, 0.15) is 5.76 Å². The van der Waals surface area contributed by atoms with Crippen molar-refractivity contribution in [2.45, 2.75) is 13.0 Å². The third-order valence-electron chi connectivity index (χ3n) is 6.73. The maximum Gasteiger partial charge on any atom is 0.295 e. The summed E-state index contributed by atoms with van der Waals surface area (Å²) in [5.74, 6) is -1.51. The van der Waals surface area contributed by atoms with Gasteiger partial charge in [-0.1, -0.05) is 46.3 Å². The zero-order valence-corrected chi connectivity index (χ0v) is 21.5. The van der Waals surface area contributed by atoms with E-state index >= 15 is 0 Å². The van der Waals surface area contributed by atoms with Crippen molar-refractivity contribution in [2.75, 3.05) is 39.4 Å². The van der Waals surface area contributed by atoms with Crippen molar-refractivity contribution < 1.29 is 19.4 Å². The van der Waals surface area contributed by atoms with Gasteiger partial charge in [-0.2, -0.15) is 5.10 Å². The van der Waals surface area contributed by atoms with Crippen LogP contribution in [0.3, 0.4) is 0 Å². The van der Waals surface area contributed by atoms with Gasteiger partial charge in [-0.05, 0) is 36.8 Å². The molecule has 2 fully saturated rings. The lowest BCUT2D eigenvalue weighted by molar-refractivity contribution is -0.140. The van der Waals surface area contributed by atoms with Crippen molar-refractivity contribution in [2.24, 2.45) is 0 Å². The Kier molecular flexibility index (Phi) is 7.04. The molecule has 2 aromatic carbocycles. The van der Waals surface area contributed by atoms with E-state index in [-0.39, 0.29) is 11.3 Å². The van der Waals surface area contributed by atoms with Gasteiger partial charge in [0.25, 0.3) is 11.7 Å². The average molecular weight is 551 g/mol. The number of rotatable bonds is 6. The number of nitrogens with zero attached hydrogens (tertiary/aromatic N) is 4. The second kappa shape index (κ2) is 10.4. The predicted octanol–water partition coefficient (Wildman–Crippen LogP) is 3.70. The molecule has 186 valence electrons. The number of carbonyl (C=O) groups is 2. The highest BCUT2D eigenvalue weighted by atomic mass is 79.9. The Bertz CT molecular complexity index is 1310. The molecule has 3 aromatic rings. The van der Waals surface area contributed by atoms with E-state index in [1.165, 1.54) is 6.20 Å². The number of Topliss-reactive ketones (excluding diaryl/α,β-unsaturated/α-hetero) is 1. The van der Waals surface area contributed by atoms with Gasteiger partial charge in [-0.25, -0.2) is 4.68 Å². The summed E-state index contributed by atoms with van der Waals surface area (Å²) in [6.07, 6.45) is 1.54. The number of likely N-dealkylation sites (tertiary alicyclic amines) is 1. The summed E-state index contributed by atoms with van der Waals surface area (Å²) in [6, 6.07) is 16.3. The predicted molar refractivity (Wildman–Crippen MR) is 139 cm³/mol. The van der Waals surface area contributed by atoms with Crippen molar-refractivity contribution in [3.05, 3.63) is 87.7 Å². The number of amides is 1. The minimum atomic E-state index is -0.706. The van der Waals surface area contributed by atoms with Crippen LogP contribution in [0.25, 0.3) is 11.4 Å². The summed E-state index contributed by atoms with van der Waals surface area (Å²) in [6.45, 7) is 5.67. The lowest BCUT2D eigenvalue weighted by atomic mass is 9.95. The average Bonchev–Trinajstić information content (AvgIpc) is 3.40. The van der Waals surface area contributed by atoms with Crippen LogP contribution in [0.15, 0.2) is 70.8 Å². The lowest BCUT2D eigenvalue weighted by Crippen LogP contribution is -2.42. The van der Waals surface area contributed by atoms with Crippen LogP contribution < -0.4 is 0 Å². The maximum absolute atomic E-state index is 13.4. The second-order valence-electron chi connectivity index (χ2n) is 8.89. The topological polar surface area (TPSA) is 87.9 Å². The summed E-state index contributed by atoms with van der Waals surface area (Å²) in [7, 11) is 0. The molecule has 0 spiro atoms. The van der Waals surface area contributed by atoms with E-state index in [1.807, 2.05) is 61.5 Å². The van der Waals surface area contributed by atoms with E-state index in [1.54, 1.807) is 9.58 Å². The molecule has 1 amide bonds. The van der Waals surface area contributed by atoms with Gasteiger partial charge < -0.3 is 14.7 Å². The molecule has 9 heteroatoms. The highest BCUT2D eigenvalue weighted by Gasteiger charge is 2.46. The standard InChI is InChI=1S/C27H27BrN4O4/c1-18-22(17-29-32(18)21-8-3-2-4-9-21)25(33)23-24(19-6-5-7-20(28)16-19)31(27(35)26(23)34)11-10-30-12-14-36-15-13-30/h2-9,16-17,24,33H,10-15H2,1H3/b25-23+/t24-/m0/s1. The Hall–Kier alpha value is -3.27. The molecule has 1 atom stereocenters. The third kappa shape index (κ3) is 4.61. The Balaban J connectivity index is 1.56. The summed E-state index contributed by atoms with van der Waals surface area (Å²) in [4.78, 5) is 30.4. The molecule has 2 saturated heterocycles.